The summed E-state index contributed by atoms with van der Waals surface area (Å²) >= 11 is 6.07. The molecule has 1 aromatic carbocycles. The minimum atomic E-state index is -0.192. The lowest BCUT2D eigenvalue weighted by atomic mass is 9.93. The molecule has 0 fully saturated rings. The van der Waals surface area contributed by atoms with Crippen LogP contribution in [0.2, 0.25) is 5.02 Å². The lowest BCUT2D eigenvalue weighted by Crippen LogP contribution is -2.31. The van der Waals surface area contributed by atoms with Gasteiger partial charge in [-0.05, 0) is 37.8 Å². The van der Waals surface area contributed by atoms with Crippen molar-refractivity contribution in [3.8, 4) is 0 Å². The van der Waals surface area contributed by atoms with E-state index < -0.39 is 0 Å². The van der Waals surface area contributed by atoms with Gasteiger partial charge in [-0.3, -0.25) is 9.59 Å². The van der Waals surface area contributed by atoms with Crippen LogP contribution in [-0.4, -0.2) is 11.8 Å². The predicted molar refractivity (Wildman–Crippen MR) is 69.4 cm³/mol. The van der Waals surface area contributed by atoms with Gasteiger partial charge in [-0.1, -0.05) is 23.7 Å². The van der Waals surface area contributed by atoms with Crippen molar-refractivity contribution in [2.75, 3.05) is 4.90 Å². The van der Waals surface area contributed by atoms with Crippen LogP contribution in [0, 0.1) is 0 Å². The molecule has 0 aromatic heterocycles. The third kappa shape index (κ3) is 1.58. The molecule has 4 heteroatoms. The van der Waals surface area contributed by atoms with Crippen LogP contribution in [0.15, 0.2) is 35.4 Å². The second-order valence-electron chi connectivity index (χ2n) is 4.56. The van der Waals surface area contributed by atoms with Crippen molar-refractivity contribution < 1.29 is 9.59 Å². The molecule has 1 heterocycles. The van der Waals surface area contributed by atoms with Crippen LogP contribution in [-0.2, 0) is 9.59 Å². The van der Waals surface area contributed by atoms with E-state index in [4.69, 9.17) is 11.6 Å². The molecule has 2 aliphatic rings. The van der Waals surface area contributed by atoms with Crippen LogP contribution in [0.1, 0.15) is 25.7 Å². The van der Waals surface area contributed by atoms with Gasteiger partial charge in [0.2, 0.25) is 0 Å². The zero-order valence-corrected chi connectivity index (χ0v) is 10.5. The van der Waals surface area contributed by atoms with E-state index in [2.05, 4.69) is 0 Å². The maximum absolute atomic E-state index is 12.3. The van der Waals surface area contributed by atoms with Gasteiger partial charge in [-0.2, -0.15) is 0 Å². The number of hydrogen-bond donors (Lipinski definition) is 0. The number of para-hydroxylation sites is 1. The van der Waals surface area contributed by atoms with Crippen LogP contribution >= 0.6 is 11.6 Å². The predicted octanol–water partition coefficient (Wildman–Crippen LogP) is 3.08. The zero-order valence-electron chi connectivity index (χ0n) is 9.78. The second kappa shape index (κ2) is 4.25. The molecule has 0 spiro atoms. The van der Waals surface area contributed by atoms with E-state index >= 15 is 0 Å². The van der Waals surface area contributed by atoms with Gasteiger partial charge in [-0.25, -0.2) is 4.90 Å². The summed E-state index contributed by atoms with van der Waals surface area (Å²) in [7, 11) is 0. The first-order chi connectivity index (χ1) is 8.70. The minimum absolute atomic E-state index is 0.192. The molecule has 0 N–H and O–H groups in total. The molecule has 0 bridgehead atoms. The number of hydrogen-bond acceptors (Lipinski definition) is 2. The fourth-order valence-corrected chi connectivity index (χ4v) is 2.81. The number of halogens is 1. The van der Waals surface area contributed by atoms with Crippen molar-refractivity contribution in [2.24, 2.45) is 0 Å². The number of anilines is 1. The quantitative estimate of drug-likeness (QED) is 0.729. The third-order valence-electron chi connectivity index (χ3n) is 3.48. The largest absolute Gasteiger partial charge is 0.269 e. The summed E-state index contributed by atoms with van der Waals surface area (Å²) in [5, 5.41) is 0.430. The Balaban J connectivity index is 2.05. The molecule has 18 heavy (non-hydrogen) atoms. The first kappa shape index (κ1) is 11.5. The Bertz CT molecular complexity index is 549. The Kier molecular flexibility index (Phi) is 2.71. The summed E-state index contributed by atoms with van der Waals surface area (Å²) in [5.41, 5.74) is 1.86. The SMILES string of the molecule is O=C1C2=C(CCCC2)C(=O)N1c1ccccc1Cl. The maximum atomic E-state index is 12.3. The fraction of sp³-hybridized carbons (Fsp3) is 0.286. The molecule has 3 rings (SSSR count). The van der Waals surface area contributed by atoms with Crippen molar-refractivity contribution >= 4 is 29.1 Å². The first-order valence-corrected chi connectivity index (χ1v) is 6.43. The highest BCUT2D eigenvalue weighted by Crippen LogP contribution is 2.37. The van der Waals surface area contributed by atoms with Crippen LogP contribution in [0.25, 0.3) is 0 Å². The summed E-state index contributed by atoms with van der Waals surface area (Å²) in [6.45, 7) is 0. The van der Waals surface area contributed by atoms with Crippen molar-refractivity contribution in [3.63, 3.8) is 0 Å². The van der Waals surface area contributed by atoms with E-state index in [-0.39, 0.29) is 11.8 Å². The van der Waals surface area contributed by atoms with E-state index in [0.717, 1.165) is 12.8 Å². The van der Waals surface area contributed by atoms with Gasteiger partial charge in [0.05, 0.1) is 10.7 Å². The fourth-order valence-electron chi connectivity index (χ4n) is 2.59. The zero-order chi connectivity index (χ0) is 12.7. The van der Waals surface area contributed by atoms with Crippen molar-refractivity contribution in [1.29, 1.82) is 0 Å². The van der Waals surface area contributed by atoms with Crippen LogP contribution < -0.4 is 4.90 Å². The Hall–Kier alpha value is -1.61. The average molecular weight is 262 g/mol. The summed E-state index contributed by atoms with van der Waals surface area (Å²) in [6, 6.07) is 6.95. The van der Waals surface area contributed by atoms with Crippen molar-refractivity contribution in [2.45, 2.75) is 25.7 Å². The normalized spacial score (nSPS) is 19.5. The lowest BCUT2D eigenvalue weighted by Gasteiger charge is -2.16. The first-order valence-electron chi connectivity index (χ1n) is 6.05. The second-order valence-corrected chi connectivity index (χ2v) is 4.97. The summed E-state index contributed by atoms with van der Waals surface area (Å²) in [6.07, 6.45) is 3.38. The van der Waals surface area contributed by atoms with Gasteiger partial charge >= 0.3 is 0 Å². The van der Waals surface area contributed by atoms with Crippen LogP contribution in [0.5, 0.6) is 0 Å². The summed E-state index contributed by atoms with van der Waals surface area (Å²) in [4.78, 5) is 25.8. The highest BCUT2D eigenvalue weighted by Gasteiger charge is 2.40. The number of nitrogens with zero attached hydrogens (tertiary/aromatic N) is 1. The molecule has 92 valence electrons. The molecular formula is C14H12ClNO2. The van der Waals surface area contributed by atoms with Gasteiger partial charge in [0.1, 0.15) is 0 Å². The van der Waals surface area contributed by atoms with Crippen molar-refractivity contribution in [1.82, 2.24) is 0 Å². The van der Waals surface area contributed by atoms with E-state index in [0.29, 0.717) is 34.7 Å². The number of carbonyl (C=O) groups excluding carboxylic acids is 2. The maximum Gasteiger partial charge on any atom is 0.261 e. The molecule has 1 aromatic rings. The van der Waals surface area contributed by atoms with Crippen LogP contribution in [0.4, 0.5) is 5.69 Å². The molecule has 0 saturated carbocycles. The monoisotopic (exact) mass is 261 g/mol. The highest BCUT2D eigenvalue weighted by molar-refractivity contribution is 6.39. The number of imide groups is 1. The number of amides is 2. The molecule has 1 aliphatic heterocycles. The Morgan fingerprint density at radius 3 is 2.06 bits per heavy atom. The molecule has 3 nitrogen and oxygen atoms in total. The lowest BCUT2D eigenvalue weighted by molar-refractivity contribution is -0.120. The topological polar surface area (TPSA) is 37.4 Å². The van der Waals surface area contributed by atoms with E-state index in [1.807, 2.05) is 0 Å². The molecule has 1 aliphatic carbocycles. The average Bonchev–Trinajstić information content (AvgIpc) is 2.64. The van der Waals surface area contributed by atoms with Gasteiger partial charge in [0, 0.05) is 11.1 Å². The number of benzene rings is 1. The van der Waals surface area contributed by atoms with Crippen LogP contribution in [0.3, 0.4) is 0 Å². The van der Waals surface area contributed by atoms with Gasteiger partial charge in [0.25, 0.3) is 11.8 Å². The summed E-state index contributed by atoms with van der Waals surface area (Å²) in [5.74, 6) is -0.384. The molecule has 0 atom stereocenters. The molecule has 0 unspecified atom stereocenters. The molecule has 0 saturated heterocycles. The smallest absolute Gasteiger partial charge is 0.261 e. The Labute approximate surface area is 110 Å². The number of rotatable bonds is 1. The summed E-state index contributed by atoms with van der Waals surface area (Å²) < 4.78 is 0. The van der Waals surface area contributed by atoms with E-state index in [1.165, 1.54) is 4.90 Å². The van der Waals surface area contributed by atoms with Gasteiger partial charge in [0.15, 0.2) is 0 Å². The molecule has 0 radical (unpaired) electrons. The minimum Gasteiger partial charge on any atom is -0.269 e. The highest BCUT2D eigenvalue weighted by atomic mass is 35.5. The molecular weight excluding hydrogens is 250 g/mol. The number of carbonyl (C=O) groups is 2. The standard InChI is InChI=1S/C14H12ClNO2/c15-11-7-3-4-8-12(11)16-13(17)9-5-1-2-6-10(9)14(16)18/h3-4,7-8H,1-2,5-6H2. The Morgan fingerprint density at radius 1 is 0.944 bits per heavy atom. The third-order valence-corrected chi connectivity index (χ3v) is 3.80. The Morgan fingerprint density at radius 2 is 1.50 bits per heavy atom. The van der Waals surface area contributed by atoms with Gasteiger partial charge < -0.3 is 0 Å². The molecule has 2 amide bonds. The van der Waals surface area contributed by atoms with Crippen molar-refractivity contribution in [3.05, 3.63) is 40.4 Å². The van der Waals surface area contributed by atoms with E-state index in [9.17, 15) is 9.59 Å². The van der Waals surface area contributed by atoms with E-state index in [1.54, 1.807) is 24.3 Å². The van der Waals surface area contributed by atoms with Gasteiger partial charge in [-0.15, -0.1) is 0 Å².